The van der Waals surface area contributed by atoms with Gasteiger partial charge in [0.15, 0.2) is 0 Å². The van der Waals surface area contributed by atoms with Gasteiger partial charge in [-0.25, -0.2) is 0 Å². The summed E-state index contributed by atoms with van der Waals surface area (Å²) in [5.74, 6) is 3.02. The lowest BCUT2D eigenvalue weighted by molar-refractivity contribution is -0.340. The molecule has 5 nitrogen and oxygen atoms in total. The second kappa shape index (κ2) is 8.59. The number of benzene rings is 2. The third kappa shape index (κ3) is 3.11. The van der Waals surface area contributed by atoms with Crippen LogP contribution in [0.4, 0.5) is 0 Å². The summed E-state index contributed by atoms with van der Waals surface area (Å²) in [6.07, 6.45) is 17.6. The number of aliphatic hydroxyl groups is 1. The molecule has 2 aromatic rings. The number of dihydropyridines is 1. The predicted molar refractivity (Wildman–Crippen MR) is 174 cm³/mol. The van der Waals surface area contributed by atoms with Crippen molar-refractivity contribution in [1.82, 2.24) is 5.32 Å². The molecule has 232 valence electrons. The molecule has 3 aliphatic heterocycles. The van der Waals surface area contributed by atoms with E-state index in [1.54, 1.807) is 11.1 Å². The number of rotatable bonds is 2. The fraction of sp³-hybridized carbons (Fsp3) is 0.641. The molecule has 11 rings (SSSR count). The first-order valence-electron chi connectivity index (χ1n) is 17.7. The van der Waals surface area contributed by atoms with Gasteiger partial charge < -0.3 is 26.6 Å². The lowest BCUT2D eigenvalue weighted by Gasteiger charge is -2.76. The Bertz CT molecular complexity index is 1640. The van der Waals surface area contributed by atoms with E-state index in [-0.39, 0.29) is 41.3 Å². The number of allylic oxidation sites excluding steroid dienone is 2. The summed E-state index contributed by atoms with van der Waals surface area (Å²) in [4.78, 5) is 0. The largest absolute Gasteiger partial charge is 0.396 e. The summed E-state index contributed by atoms with van der Waals surface area (Å²) in [5, 5.41) is 17.1. The number of nitrogens with two attached hydrogens (primary N) is 2. The summed E-state index contributed by atoms with van der Waals surface area (Å²) in [5.41, 5.74) is 19.6. The van der Waals surface area contributed by atoms with Gasteiger partial charge in [0, 0.05) is 42.0 Å². The van der Waals surface area contributed by atoms with E-state index in [2.05, 4.69) is 67.8 Å². The van der Waals surface area contributed by atoms with Crippen molar-refractivity contribution in [1.29, 1.82) is 0 Å². The van der Waals surface area contributed by atoms with E-state index in [1.807, 2.05) is 0 Å². The molecule has 4 saturated carbocycles. The van der Waals surface area contributed by atoms with Gasteiger partial charge in [-0.3, -0.25) is 0 Å². The minimum Gasteiger partial charge on any atom is -0.396 e. The van der Waals surface area contributed by atoms with Crippen LogP contribution in [-0.2, 0) is 4.74 Å². The highest BCUT2D eigenvalue weighted by molar-refractivity contribution is 5.93. The lowest BCUT2D eigenvalue weighted by atomic mass is 9.35. The molecule has 0 amide bonds. The maximum absolute atomic E-state index is 10.7. The number of nitrogens with one attached hydrogen (secondary N) is 1. The van der Waals surface area contributed by atoms with Crippen LogP contribution in [0.2, 0.25) is 0 Å². The van der Waals surface area contributed by atoms with Crippen LogP contribution in [0, 0.1) is 35.0 Å². The van der Waals surface area contributed by atoms with Crippen LogP contribution >= 0.6 is 0 Å². The van der Waals surface area contributed by atoms with E-state index in [4.69, 9.17) is 16.2 Å². The minimum atomic E-state index is -0.381. The lowest BCUT2D eigenvalue weighted by Crippen LogP contribution is -2.81. The molecule has 2 saturated heterocycles. The molecule has 0 aromatic heterocycles. The molecule has 44 heavy (non-hydrogen) atoms. The molecule has 2 aromatic carbocycles. The summed E-state index contributed by atoms with van der Waals surface area (Å²) in [7, 11) is 0. The fourth-order valence-corrected chi connectivity index (χ4v) is 14.1. The van der Waals surface area contributed by atoms with Crippen LogP contribution in [0.3, 0.4) is 0 Å². The maximum Gasteiger partial charge on any atom is 0.0934 e. The molecule has 2 spiro atoms. The second-order valence-electron chi connectivity index (χ2n) is 17.1. The molecule has 6 fully saturated rings. The molecule has 3 heterocycles. The summed E-state index contributed by atoms with van der Waals surface area (Å²) in [6.45, 7) is 4.89. The van der Waals surface area contributed by atoms with Crippen molar-refractivity contribution in [2.75, 3.05) is 6.61 Å². The molecule has 5 heteroatoms. The van der Waals surface area contributed by atoms with E-state index < -0.39 is 0 Å². The average molecular weight is 592 g/mol. The first-order valence-corrected chi connectivity index (χ1v) is 17.7. The van der Waals surface area contributed by atoms with Crippen molar-refractivity contribution < 1.29 is 9.84 Å². The average Bonchev–Trinajstić information content (AvgIpc) is 3.44. The Morgan fingerprint density at radius 3 is 2.64 bits per heavy atom. The normalized spacial score (nSPS) is 46.5. The highest BCUT2D eigenvalue weighted by Crippen LogP contribution is 2.77. The smallest absolute Gasteiger partial charge is 0.0934 e. The Balaban J connectivity index is 1.28. The van der Waals surface area contributed by atoms with Crippen LogP contribution in [0.25, 0.3) is 10.8 Å². The molecular formula is C39H49N3O2. The van der Waals surface area contributed by atoms with Crippen LogP contribution in [-0.4, -0.2) is 34.6 Å². The highest BCUT2D eigenvalue weighted by Gasteiger charge is 2.77. The number of fused-ring (bicyclic) bond motifs is 1. The van der Waals surface area contributed by atoms with E-state index in [0.717, 1.165) is 19.3 Å². The van der Waals surface area contributed by atoms with Gasteiger partial charge >= 0.3 is 0 Å². The molecule has 11 atom stereocenters. The van der Waals surface area contributed by atoms with E-state index in [9.17, 15) is 5.11 Å². The van der Waals surface area contributed by atoms with Gasteiger partial charge in [0.1, 0.15) is 0 Å². The van der Waals surface area contributed by atoms with Crippen LogP contribution in [0.5, 0.6) is 0 Å². The standard InChI is InChI=1S/C39H49N3O2/c1-36(2)35-26-12-10-23(19-43)38(35,41)20-39(44-36)28-17-37(14-3-4-15-37)16-27-30(22-9-13-29(40)42-18-22)24-7-5-6-21-8-11-25(34(26)39)33(31(21)24)32(27)28/h5-9,11,13,18,23,26-30,32,34-35,42-43H,3-4,10,12,14-17,19-20,40-41H2,1-2H3. The summed E-state index contributed by atoms with van der Waals surface area (Å²) in [6, 6.07) is 12.0. The Hall–Kier alpha value is -2.18. The van der Waals surface area contributed by atoms with Gasteiger partial charge in [0.05, 0.1) is 17.4 Å². The van der Waals surface area contributed by atoms with E-state index in [1.165, 1.54) is 60.4 Å². The van der Waals surface area contributed by atoms with Crippen molar-refractivity contribution in [3.05, 3.63) is 70.9 Å². The third-order valence-corrected chi connectivity index (χ3v) is 15.0. The van der Waals surface area contributed by atoms with E-state index in [0.29, 0.717) is 40.9 Å². The van der Waals surface area contributed by atoms with Gasteiger partial charge in [0.25, 0.3) is 0 Å². The van der Waals surface area contributed by atoms with Crippen molar-refractivity contribution in [3.63, 3.8) is 0 Å². The van der Waals surface area contributed by atoms with Gasteiger partial charge in [-0.15, -0.1) is 0 Å². The SMILES string of the molecule is CC1(C)OC23CC4(N)C(CO)CCC(C14)C2c1ccc2cccc4c2c1C1C(CC2(CCCC2)CC13)C4C1=CNC(N)C=C1. The molecule has 9 aliphatic rings. The Morgan fingerprint density at radius 1 is 1.02 bits per heavy atom. The predicted octanol–water partition coefficient (Wildman–Crippen LogP) is 6.32. The summed E-state index contributed by atoms with van der Waals surface area (Å²) >= 11 is 0. The zero-order chi connectivity index (χ0) is 29.8. The van der Waals surface area contributed by atoms with Crippen molar-refractivity contribution >= 4 is 10.8 Å². The molecular weight excluding hydrogens is 542 g/mol. The monoisotopic (exact) mass is 591 g/mol. The maximum atomic E-state index is 10.7. The summed E-state index contributed by atoms with van der Waals surface area (Å²) < 4.78 is 7.74. The number of hydrogen-bond donors (Lipinski definition) is 4. The Kier molecular flexibility index (Phi) is 5.27. The number of ether oxygens (including phenoxy) is 1. The number of hydrogen-bond acceptors (Lipinski definition) is 5. The molecule has 6 aliphatic carbocycles. The zero-order valence-corrected chi connectivity index (χ0v) is 26.4. The third-order valence-electron chi connectivity index (χ3n) is 15.0. The van der Waals surface area contributed by atoms with Crippen LogP contribution < -0.4 is 16.8 Å². The molecule has 11 unspecified atom stereocenters. The first kappa shape index (κ1) is 27.0. The van der Waals surface area contributed by atoms with Crippen LogP contribution in [0.15, 0.2) is 54.3 Å². The molecule has 0 radical (unpaired) electrons. The quantitative estimate of drug-likeness (QED) is 0.328. The Labute approximate surface area is 261 Å². The van der Waals surface area contributed by atoms with Crippen molar-refractivity contribution in [2.24, 2.45) is 46.5 Å². The van der Waals surface area contributed by atoms with Gasteiger partial charge in [-0.2, -0.15) is 0 Å². The van der Waals surface area contributed by atoms with Gasteiger partial charge in [-0.05, 0) is 127 Å². The van der Waals surface area contributed by atoms with Gasteiger partial charge in [0.2, 0.25) is 0 Å². The molecule has 4 bridgehead atoms. The topological polar surface area (TPSA) is 93.5 Å². The van der Waals surface area contributed by atoms with Crippen molar-refractivity contribution in [2.45, 2.75) is 112 Å². The zero-order valence-electron chi connectivity index (χ0n) is 26.4. The first-order chi connectivity index (χ1) is 21.2. The fourth-order valence-electron chi connectivity index (χ4n) is 14.1. The highest BCUT2D eigenvalue weighted by atomic mass is 16.5. The van der Waals surface area contributed by atoms with E-state index >= 15 is 0 Å². The van der Waals surface area contributed by atoms with Crippen molar-refractivity contribution in [3.8, 4) is 0 Å². The minimum absolute atomic E-state index is 0.126. The second-order valence-corrected chi connectivity index (χ2v) is 17.1. The molecule has 6 N–H and O–H groups in total. The van der Waals surface area contributed by atoms with Crippen LogP contribution in [0.1, 0.15) is 106 Å². The number of aliphatic hydroxyl groups excluding tert-OH is 1. The van der Waals surface area contributed by atoms with Gasteiger partial charge in [-0.1, -0.05) is 49.2 Å². The Morgan fingerprint density at radius 2 is 1.86 bits per heavy atom.